The average molecular weight is 452 g/mol. The van der Waals surface area contributed by atoms with E-state index in [2.05, 4.69) is 15.3 Å². The molecule has 31 heavy (non-hydrogen) atoms. The fourth-order valence-electron chi connectivity index (χ4n) is 2.93. The van der Waals surface area contributed by atoms with Crippen molar-refractivity contribution < 1.29 is 14.3 Å². The number of amides is 1. The monoisotopic (exact) mass is 451 g/mol. The van der Waals surface area contributed by atoms with E-state index >= 15 is 0 Å². The molecule has 2 heterocycles. The largest absolute Gasteiger partial charge is 0.493 e. The van der Waals surface area contributed by atoms with Gasteiger partial charge in [-0.25, -0.2) is 9.97 Å². The van der Waals surface area contributed by atoms with Crippen LogP contribution in [-0.4, -0.2) is 28.7 Å². The minimum absolute atomic E-state index is 0.0586. The summed E-state index contributed by atoms with van der Waals surface area (Å²) in [5.74, 6) is 1.54. The smallest absolute Gasteiger partial charge is 0.230 e. The molecule has 0 saturated heterocycles. The van der Waals surface area contributed by atoms with Crippen LogP contribution >= 0.6 is 23.1 Å². The second-order valence-corrected chi connectivity index (χ2v) is 8.52. The Hall–Kier alpha value is -3.10. The van der Waals surface area contributed by atoms with Gasteiger partial charge in [-0.1, -0.05) is 48.2 Å². The summed E-state index contributed by atoms with van der Waals surface area (Å²) in [6.45, 7) is 0.873. The van der Waals surface area contributed by atoms with Crippen molar-refractivity contribution in [2.75, 3.05) is 12.9 Å². The van der Waals surface area contributed by atoms with Gasteiger partial charge in [0.25, 0.3) is 0 Å². The van der Waals surface area contributed by atoms with Crippen LogP contribution in [0.4, 0.5) is 0 Å². The van der Waals surface area contributed by atoms with Crippen LogP contribution in [0.25, 0.3) is 10.2 Å². The second kappa shape index (κ2) is 10.3. The van der Waals surface area contributed by atoms with Crippen molar-refractivity contribution >= 4 is 39.2 Å². The van der Waals surface area contributed by atoms with Crippen molar-refractivity contribution in [3.05, 3.63) is 77.4 Å². The van der Waals surface area contributed by atoms with E-state index in [1.807, 2.05) is 60.0 Å². The third kappa shape index (κ3) is 5.53. The maximum Gasteiger partial charge on any atom is 0.230 e. The van der Waals surface area contributed by atoms with Crippen LogP contribution in [-0.2, 0) is 17.9 Å². The van der Waals surface area contributed by atoms with Gasteiger partial charge in [0.15, 0.2) is 11.5 Å². The van der Waals surface area contributed by atoms with Gasteiger partial charge in [-0.2, -0.15) is 0 Å². The quantitative estimate of drug-likeness (QED) is 0.294. The Morgan fingerprint density at radius 1 is 1.06 bits per heavy atom. The highest BCUT2D eigenvalue weighted by Gasteiger charge is 2.10. The van der Waals surface area contributed by atoms with Gasteiger partial charge >= 0.3 is 0 Å². The molecule has 4 rings (SSSR count). The third-order valence-electron chi connectivity index (χ3n) is 4.51. The summed E-state index contributed by atoms with van der Waals surface area (Å²) in [7, 11) is 1.61. The summed E-state index contributed by atoms with van der Waals surface area (Å²) >= 11 is 3.00. The zero-order valence-corrected chi connectivity index (χ0v) is 18.5. The molecule has 1 N–H and O–H groups in total. The van der Waals surface area contributed by atoms with Gasteiger partial charge in [0.2, 0.25) is 5.91 Å². The van der Waals surface area contributed by atoms with Gasteiger partial charge < -0.3 is 14.8 Å². The lowest BCUT2D eigenvalue weighted by Gasteiger charge is -2.13. The highest BCUT2D eigenvalue weighted by molar-refractivity contribution is 8.00. The molecule has 158 valence electrons. The summed E-state index contributed by atoms with van der Waals surface area (Å²) in [6.07, 6.45) is 1.53. The number of thioether (sulfide) groups is 1. The number of ether oxygens (including phenoxy) is 2. The summed E-state index contributed by atoms with van der Waals surface area (Å²) in [5, 5.41) is 5.75. The number of aromatic nitrogens is 2. The van der Waals surface area contributed by atoms with E-state index in [1.54, 1.807) is 18.4 Å². The lowest BCUT2D eigenvalue weighted by Crippen LogP contribution is -2.24. The van der Waals surface area contributed by atoms with E-state index in [0.29, 0.717) is 30.4 Å². The fraction of sp³-hybridized carbons (Fsp3) is 0.174. The Morgan fingerprint density at radius 3 is 2.77 bits per heavy atom. The van der Waals surface area contributed by atoms with Gasteiger partial charge in [0.1, 0.15) is 18.0 Å². The number of carbonyl (C=O) groups excluding carboxylic acids is 1. The van der Waals surface area contributed by atoms with Crippen molar-refractivity contribution in [1.82, 2.24) is 15.3 Å². The van der Waals surface area contributed by atoms with Crippen LogP contribution in [0.5, 0.6) is 11.5 Å². The molecule has 0 spiro atoms. The molecule has 0 bridgehead atoms. The molecule has 6 nitrogen and oxygen atoms in total. The standard InChI is InChI=1S/C23H21N3O3S2/c1-28-20-11-17(7-8-19(20)29-13-16-5-3-2-4-6-16)12-24-21(27)14-31-23-22-18(9-10-30-22)25-15-26-23/h2-11,15H,12-14H2,1H3,(H,24,27). The molecular formula is C23H21N3O3S2. The number of hydrogen-bond acceptors (Lipinski definition) is 7. The van der Waals surface area contributed by atoms with Crippen molar-refractivity contribution in [2.45, 2.75) is 18.2 Å². The van der Waals surface area contributed by atoms with Crippen molar-refractivity contribution in [2.24, 2.45) is 0 Å². The molecule has 1 amide bonds. The number of rotatable bonds is 9. The lowest BCUT2D eigenvalue weighted by atomic mass is 10.2. The lowest BCUT2D eigenvalue weighted by molar-refractivity contribution is -0.118. The van der Waals surface area contributed by atoms with E-state index in [-0.39, 0.29) is 5.91 Å². The molecule has 0 unspecified atom stereocenters. The Balaban J connectivity index is 1.30. The highest BCUT2D eigenvalue weighted by Crippen LogP contribution is 2.30. The number of carbonyl (C=O) groups is 1. The molecule has 4 aromatic rings. The highest BCUT2D eigenvalue weighted by atomic mass is 32.2. The second-order valence-electron chi connectivity index (χ2n) is 6.64. The van der Waals surface area contributed by atoms with Crippen LogP contribution in [0.1, 0.15) is 11.1 Å². The molecule has 0 aliphatic heterocycles. The van der Waals surface area contributed by atoms with Gasteiger partial charge in [-0.15, -0.1) is 11.3 Å². The Morgan fingerprint density at radius 2 is 1.94 bits per heavy atom. The van der Waals surface area contributed by atoms with Crippen LogP contribution in [0.2, 0.25) is 0 Å². The Labute approximate surface area is 188 Å². The van der Waals surface area contributed by atoms with E-state index in [9.17, 15) is 4.79 Å². The van der Waals surface area contributed by atoms with Gasteiger partial charge in [-0.3, -0.25) is 4.79 Å². The number of nitrogens with one attached hydrogen (secondary N) is 1. The van der Waals surface area contributed by atoms with Gasteiger partial charge in [0, 0.05) is 6.54 Å². The first-order valence-electron chi connectivity index (χ1n) is 9.64. The molecule has 8 heteroatoms. The topological polar surface area (TPSA) is 73.3 Å². The van der Waals surface area contributed by atoms with Crippen molar-refractivity contribution in [3.8, 4) is 11.5 Å². The van der Waals surface area contributed by atoms with Crippen LogP contribution in [0, 0.1) is 0 Å². The summed E-state index contributed by atoms with van der Waals surface area (Å²) in [5.41, 5.74) is 2.93. The summed E-state index contributed by atoms with van der Waals surface area (Å²) in [4.78, 5) is 20.8. The Kier molecular flexibility index (Phi) is 7.01. The molecular weight excluding hydrogens is 430 g/mol. The minimum atomic E-state index is -0.0586. The van der Waals surface area contributed by atoms with Crippen molar-refractivity contribution in [1.29, 1.82) is 0 Å². The number of hydrogen-bond donors (Lipinski definition) is 1. The average Bonchev–Trinajstić information content (AvgIpc) is 3.30. The minimum Gasteiger partial charge on any atom is -0.493 e. The van der Waals surface area contributed by atoms with E-state index in [4.69, 9.17) is 9.47 Å². The predicted octanol–water partition coefficient (Wildman–Crippen LogP) is 4.69. The van der Waals surface area contributed by atoms with E-state index in [0.717, 1.165) is 26.4 Å². The first kappa shape index (κ1) is 21.1. The predicted molar refractivity (Wildman–Crippen MR) is 124 cm³/mol. The van der Waals surface area contributed by atoms with Crippen molar-refractivity contribution in [3.63, 3.8) is 0 Å². The molecule has 2 aromatic heterocycles. The van der Waals surface area contributed by atoms with E-state index in [1.165, 1.54) is 18.1 Å². The maximum atomic E-state index is 12.3. The summed E-state index contributed by atoms with van der Waals surface area (Å²) < 4.78 is 12.4. The molecule has 0 fully saturated rings. The zero-order chi connectivity index (χ0) is 21.5. The van der Waals surface area contributed by atoms with E-state index < -0.39 is 0 Å². The number of nitrogens with zero attached hydrogens (tertiary/aromatic N) is 2. The third-order valence-corrected chi connectivity index (χ3v) is 6.53. The molecule has 0 saturated carbocycles. The first-order valence-corrected chi connectivity index (χ1v) is 11.5. The first-order chi connectivity index (χ1) is 15.2. The van der Waals surface area contributed by atoms with Gasteiger partial charge in [-0.05, 0) is 34.7 Å². The number of thiophene rings is 1. The Bertz CT molecular complexity index is 1170. The number of fused-ring (bicyclic) bond motifs is 1. The molecule has 0 radical (unpaired) electrons. The van der Waals surface area contributed by atoms with Gasteiger partial charge in [0.05, 0.1) is 23.1 Å². The van der Waals surface area contributed by atoms with Crippen LogP contribution in [0.15, 0.2) is 71.3 Å². The summed E-state index contributed by atoms with van der Waals surface area (Å²) in [6, 6.07) is 17.6. The molecule has 2 aromatic carbocycles. The normalized spacial score (nSPS) is 10.7. The molecule has 0 atom stereocenters. The molecule has 0 aliphatic rings. The van der Waals surface area contributed by atoms with Crippen LogP contribution in [0.3, 0.4) is 0 Å². The van der Waals surface area contributed by atoms with Crippen LogP contribution < -0.4 is 14.8 Å². The SMILES string of the molecule is COc1cc(CNC(=O)CSc2ncnc3ccsc23)ccc1OCc1ccccc1. The molecule has 0 aliphatic carbocycles. The zero-order valence-electron chi connectivity index (χ0n) is 16.9. The fourth-order valence-corrected chi connectivity index (χ4v) is 4.71. The number of benzene rings is 2. The number of methoxy groups -OCH3 is 1. The maximum absolute atomic E-state index is 12.3.